The number of sulfonamides is 1. The molecular weight excluding hydrogens is 514 g/mol. The second-order valence-electron chi connectivity index (χ2n) is 9.19. The summed E-state index contributed by atoms with van der Waals surface area (Å²) in [6, 6.07) is 19.3. The minimum absolute atomic E-state index is 0.0205. The molecule has 0 saturated carbocycles. The van der Waals surface area contributed by atoms with Crippen molar-refractivity contribution in [2.75, 3.05) is 17.6 Å². The van der Waals surface area contributed by atoms with E-state index in [1.54, 1.807) is 38.1 Å². The summed E-state index contributed by atoms with van der Waals surface area (Å²) in [5, 5.41) is 23.9. The zero-order valence-corrected chi connectivity index (χ0v) is 22.0. The van der Waals surface area contributed by atoms with Gasteiger partial charge in [0.2, 0.25) is 10.0 Å². The van der Waals surface area contributed by atoms with Gasteiger partial charge in [0.25, 0.3) is 5.69 Å². The van der Waals surface area contributed by atoms with Gasteiger partial charge in [-0.3, -0.25) is 14.9 Å². The molecule has 194 valence electrons. The van der Waals surface area contributed by atoms with Gasteiger partial charge in [-0.25, -0.2) is 8.42 Å². The standard InChI is InChI=1S/C26H27N3O6S2/c1-26(2)24(25(30)31)28(14-15-36-26)37(34,35)23-12-10-20(11-13-23)19-8-6-18(7-9-19)17-27-21-4-3-5-22(16-21)29(32)33/h3-13,16,24,27H,14-15,17H2,1-2H3,(H,30,31)/t24-/m0/s1. The molecule has 0 aliphatic carbocycles. The Morgan fingerprint density at radius 3 is 2.32 bits per heavy atom. The molecular formula is C26H27N3O6S2. The zero-order chi connectivity index (χ0) is 26.8. The summed E-state index contributed by atoms with van der Waals surface area (Å²) in [7, 11) is -3.99. The van der Waals surface area contributed by atoms with E-state index in [1.165, 1.54) is 36.0 Å². The van der Waals surface area contributed by atoms with E-state index in [0.29, 0.717) is 18.0 Å². The first-order chi connectivity index (χ1) is 17.5. The molecule has 2 N–H and O–H groups in total. The van der Waals surface area contributed by atoms with Crippen molar-refractivity contribution in [2.45, 2.75) is 36.1 Å². The van der Waals surface area contributed by atoms with Gasteiger partial charge in [0.15, 0.2) is 0 Å². The molecule has 0 aromatic heterocycles. The van der Waals surface area contributed by atoms with Gasteiger partial charge < -0.3 is 10.4 Å². The number of nitro benzene ring substituents is 1. The highest BCUT2D eigenvalue weighted by Crippen LogP contribution is 2.38. The Labute approximate surface area is 219 Å². The Kier molecular flexibility index (Phi) is 7.58. The fourth-order valence-corrected chi connectivity index (χ4v) is 7.43. The van der Waals surface area contributed by atoms with Crippen molar-refractivity contribution in [3.63, 3.8) is 0 Å². The van der Waals surface area contributed by atoms with Gasteiger partial charge in [0, 0.05) is 41.4 Å². The van der Waals surface area contributed by atoms with Crippen molar-refractivity contribution in [1.29, 1.82) is 0 Å². The van der Waals surface area contributed by atoms with E-state index in [1.807, 2.05) is 24.3 Å². The van der Waals surface area contributed by atoms with Crippen LogP contribution >= 0.6 is 11.8 Å². The number of thioether (sulfide) groups is 1. The number of benzene rings is 3. The fraction of sp³-hybridized carbons (Fsp3) is 0.269. The van der Waals surface area contributed by atoms with E-state index in [4.69, 9.17) is 0 Å². The lowest BCUT2D eigenvalue weighted by Gasteiger charge is -2.42. The van der Waals surface area contributed by atoms with Gasteiger partial charge in [-0.1, -0.05) is 42.5 Å². The van der Waals surface area contributed by atoms with Crippen LogP contribution in [0.15, 0.2) is 77.7 Å². The predicted molar refractivity (Wildman–Crippen MR) is 144 cm³/mol. The van der Waals surface area contributed by atoms with Crippen LogP contribution in [0.5, 0.6) is 0 Å². The summed E-state index contributed by atoms with van der Waals surface area (Å²) in [6.07, 6.45) is 0. The van der Waals surface area contributed by atoms with Crippen LogP contribution in [-0.2, 0) is 21.4 Å². The highest BCUT2D eigenvalue weighted by atomic mass is 32.2. The van der Waals surface area contributed by atoms with Crippen molar-refractivity contribution >= 4 is 39.1 Å². The van der Waals surface area contributed by atoms with Gasteiger partial charge in [0.1, 0.15) is 6.04 Å². The van der Waals surface area contributed by atoms with Gasteiger partial charge in [-0.15, -0.1) is 0 Å². The second kappa shape index (κ2) is 10.5. The molecule has 0 bridgehead atoms. The Morgan fingerprint density at radius 2 is 1.73 bits per heavy atom. The van der Waals surface area contributed by atoms with Crippen LogP contribution in [0.25, 0.3) is 11.1 Å². The number of hydrogen-bond acceptors (Lipinski definition) is 7. The maximum absolute atomic E-state index is 13.3. The zero-order valence-electron chi connectivity index (χ0n) is 20.3. The van der Waals surface area contributed by atoms with E-state index in [2.05, 4.69) is 5.32 Å². The summed E-state index contributed by atoms with van der Waals surface area (Å²) < 4.78 is 27.0. The summed E-state index contributed by atoms with van der Waals surface area (Å²) >= 11 is 1.46. The normalized spacial score (nSPS) is 17.7. The van der Waals surface area contributed by atoms with Crippen LogP contribution < -0.4 is 5.32 Å². The molecule has 0 amide bonds. The van der Waals surface area contributed by atoms with Crippen LogP contribution in [0.2, 0.25) is 0 Å². The second-order valence-corrected chi connectivity index (χ2v) is 12.8. The Balaban J connectivity index is 1.47. The highest BCUT2D eigenvalue weighted by Gasteiger charge is 2.48. The van der Waals surface area contributed by atoms with Gasteiger partial charge in [0.05, 0.1) is 9.82 Å². The van der Waals surface area contributed by atoms with E-state index in [9.17, 15) is 28.4 Å². The first-order valence-electron chi connectivity index (χ1n) is 11.6. The summed E-state index contributed by atoms with van der Waals surface area (Å²) in [6.45, 7) is 4.13. The molecule has 37 heavy (non-hydrogen) atoms. The number of carbonyl (C=O) groups is 1. The Bertz CT molecular complexity index is 1410. The molecule has 3 aromatic rings. The number of carboxylic acid groups (broad SMARTS) is 1. The van der Waals surface area contributed by atoms with Crippen molar-refractivity contribution in [1.82, 2.24) is 4.31 Å². The molecule has 9 nitrogen and oxygen atoms in total. The summed E-state index contributed by atoms with van der Waals surface area (Å²) in [5.41, 5.74) is 3.35. The average molecular weight is 542 g/mol. The van der Waals surface area contributed by atoms with Gasteiger partial charge in [-0.05, 0) is 48.7 Å². The minimum atomic E-state index is -3.99. The van der Waals surface area contributed by atoms with Crippen LogP contribution in [0, 0.1) is 10.1 Å². The molecule has 11 heteroatoms. The SMILES string of the molecule is CC1(C)SCCN(S(=O)(=O)c2ccc(-c3ccc(CNc4cccc([N+](=O)[O-])c4)cc3)cc2)[C@H]1C(=O)O. The Morgan fingerprint density at radius 1 is 1.11 bits per heavy atom. The first kappa shape index (κ1) is 26.6. The van der Waals surface area contributed by atoms with Gasteiger partial charge >= 0.3 is 5.97 Å². The van der Waals surface area contributed by atoms with Crippen LogP contribution in [0.1, 0.15) is 19.4 Å². The third-order valence-corrected chi connectivity index (χ3v) is 9.50. The number of anilines is 1. The summed E-state index contributed by atoms with van der Waals surface area (Å²) in [4.78, 5) is 22.5. The number of hydrogen-bond donors (Lipinski definition) is 2. The smallest absolute Gasteiger partial charge is 0.323 e. The third-order valence-electron chi connectivity index (χ3n) is 6.27. The predicted octanol–water partition coefficient (Wildman–Crippen LogP) is 4.84. The largest absolute Gasteiger partial charge is 0.480 e. The monoisotopic (exact) mass is 541 g/mol. The van der Waals surface area contributed by atoms with E-state index in [0.717, 1.165) is 21.0 Å². The van der Waals surface area contributed by atoms with E-state index >= 15 is 0 Å². The van der Waals surface area contributed by atoms with Crippen LogP contribution in [-0.4, -0.2) is 51.8 Å². The number of rotatable bonds is 8. The number of carboxylic acids is 1. The molecule has 1 aliphatic rings. The third kappa shape index (κ3) is 5.79. The van der Waals surface area contributed by atoms with Crippen LogP contribution in [0.3, 0.4) is 0 Å². The molecule has 1 heterocycles. The number of nitrogens with zero attached hydrogens (tertiary/aromatic N) is 2. The molecule has 0 spiro atoms. The topological polar surface area (TPSA) is 130 Å². The fourth-order valence-electron chi connectivity index (χ4n) is 4.34. The highest BCUT2D eigenvalue weighted by molar-refractivity contribution is 8.00. The van der Waals surface area contributed by atoms with Gasteiger partial charge in [-0.2, -0.15) is 16.1 Å². The molecule has 0 unspecified atom stereocenters. The lowest BCUT2D eigenvalue weighted by molar-refractivity contribution is -0.384. The first-order valence-corrected chi connectivity index (χ1v) is 14.0. The van der Waals surface area contributed by atoms with Crippen molar-refractivity contribution in [3.8, 4) is 11.1 Å². The van der Waals surface area contributed by atoms with E-state index < -0.39 is 31.7 Å². The number of nitrogens with one attached hydrogen (secondary N) is 1. The Hall–Kier alpha value is -3.41. The lowest BCUT2D eigenvalue weighted by Crippen LogP contribution is -2.58. The minimum Gasteiger partial charge on any atom is -0.480 e. The van der Waals surface area contributed by atoms with Crippen molar-refractivity contribution in [2.24, 2.45) is 0 Å². The summed E-state index contributed by atoms with van der Waals surface area (Å²) in [5.74, 6) is -0.631. The molecule has 1 fully saturated rings. The number of aliphatic carboxylic acids is 1. The van der Waals surface area contributed by atoms with E-state index in [-0.39, 0.29) is 17.1 Å². The lowest BCUT2D eigenvalue weighted by atomic mass is 10.0. The maximum atomic E-state index is 13.3. The molecule has 3 aromatic carbocycles. The molecule has 1 aliphatic heterocycles. The van der Waals surface area contributed by atoms with Crippen LogP contribution in [0.4, 0.5) is 11.4 Å². The van der Waals surface area contributed by atoms with Crippen molar-refractivity contribution < 1.29 is 23.2 Å². The molecule has 0 radical (unpaired) electrons. The quantitative estimate of drug-likeness (QED) is 0.306. The molecule has 1 saturated heterocycles. The maximum Gasteiger partial charge on any atom is 0.323 e. The van der Waals surface area contributed by atoms with Crippen molar-refractivity contribution in [3.05, 3.63) is 88.5 Å². The number of non-ortho nitro benzene ring substituents is 1. The average Bonchev–Trinajstić information content (AvgIpc) is 2.87. The number of nitro groups is 1. The molecule has 1 atom stereocenters. The molecule has 4 rings (SSSR count).